The Kier molecular flexibility index (Phi) is 3.05. The predicted molar refractivity (Wildman–Crippen MR) is 45.6 cm³/mol. The molecule has 1 heterocycles. The van der Waals surface area contributed by atoms with Gasteiger partial charge in [0.05, 0.1) is 0 Å². The van der Waals surface area contributed by atoms with E-state index in [1.165, 1.54) is 7.11 Å². The second kappa shape index (κ2) is 3.87. The van der Waals surface area contributed by atoms with E-state index in [-0.39, 0.29) is 18.6 Å². The summed E-state index contributed by atoms with van der Waals surface area (Å²) in [4.78, 5) is 13.0. The van der Waals surface area contributed by atoms with Gasteiger partial charge in [-0.05, 0) is 5.92 Å². The van der Waals surface area contributed by atoms with Gasteiger partial charge in [-0.2, -0.15) is 0 Å². The molecule has 0 aromatic heterocycles. The van der Waals surface area contributed by atoms with E-state index >= 15 is 0 Å². The van der Waals surface area contributed by atoms with Crippen molar-refractivity contribution in [1.82, 2.24) is 4.90 Å². The summed E-state index contributed by atoms with van der Waals surface area (Å²) in [5.41, 5.74) is 5.77. The fraction of sp³-hybridized carbons (Fsp3) is 0.875. The number of amides is 1. The summed E-state index contributed by atoms with van der Waals surface area (Å²) in [6, 6.07) is 0.130. The van der Waals surface area contributed by atoms with E-state index in [2.05, 4.69) is 6.92 Å². The van der Waals surface area contributed by atoms with Gasteiger partial charge in [0.2, 0.25) is 5.91 Å². The SMILES string of the molecule is COCC(=O)N1CC(C)C(N)C1. The van der Waals surface area contributed by atoms with Crippen molar-refractivity contribution in [2.45, 2.75) is 13.0 Å². The maximum absolute atomic E-state index is 11.3. The molecule has 0 bridgehead atoms. The van der Waals surface area contributed by atoms with Crippen molar-refractivity contribution in [2.24, 2.45) is 11.7 Å². The Bertz CT molecular complexity index is 162. The molecule has 0 saturated carbocycles. The number of carbonyl (C=O) groups is 1. The zero-order valence-electron chi connectivity index (χ0n) is 7.62. The minimum atomic E-state index is 0.0392. The number of hydrogen-bond donors (Lipinski definition) is 1. The van der Waals surface area contributed by atoms with Gasteiger partial charge in [-0.1, -0.05) is 6.92 Å². The monoisotopic (exact) mass is 172 g/mol. The first-order valence-electron chi connectivity index (χ1n) is 4.17. The minimum absolute atomic E-state index is 0.0392. The molecule has 4 nitrogen and oxygen atoms in total. The average Bonchev–Trinajstić information content (AvgIpc) is 2.33. The number of nitrogens with two attached hydrogens (primary N) is 1. The normalized spacial score (nSPS) is 29.4. The van der Waals surface area contributed by atoms with Gasteiger partial charge in [0.25, 0.3) is 0 Å². The molecule has 1 aliphatic rings. The van der Waals surface area contributed by atoms with Crippen LogP contribution in [-0.4, -0.2) is 43.7 Å². The quantitative estimate of drug-likeness (QED) is 0.607. The van der Waals surface area contributed by atoms with E-state index in [9.17, 15) is 4.79 Å². The average molecular weight is 172 g/mol. The number of nitrogens with zero attached hydrogens (tertiary/aromatic N) is 1. The first-order valence-corrected chi connectivity index (χ1v) is 4.17. The maximum atomic E-state index is 11.3. The molecule has 1 saturated heterocycles. The Morgan fingerprint density at radius 3 is 2.75 bits per heavy atom. The molecule has 1 aliphatic heterocycles. The zero-order valence-corrected chi connectivity index (χ0v) is 7.62. The van der Waals surface area contributed by atoms with Crippen molar-refractivity contribution in [1.29, 1.82) is 0 Å². The van der Waals surface area contributed by atoms with E-state index < -0.39 is 0 Å². The first kappa shape index (κ1) is 9.48. The second-order valence-corrected chi connectivity index (χ2v) is 3.37. The molecule has 1 rings (SSSR count). The van der Waals surface area contributed by atoms with Gasteiger partial charge in [0.15, 0.2) is 0 Å². The van der Waals surface area contributed by atoms with Crippen LogP contribution < -0.4 is 5.73 Å². The van der Waals surface area contributed by atoms with Crippen molar-refractivity contribution in [3.8, 4) is 0 Å². The van der Waals surface area contributed by atoms with Crippen LogP contribution in [0.15, 0.2) is 0 Å². The number of methoxy groups -OCH3 is 1. The summed E-state index contributed by atoms with van der Waals surface area (Å²) in [7, 11) is 1.53. The van der Waals surface area contributed by atoms with E-state index in [1.807, 2.05) is 0 Å². The van der Waals surface area contributed by atoms with E-state index in [4.69, 9.17) is 10.5 Å². The minimum Gasteiger partial charge on any atom is -0.375 e. The van der Waals surface area contributed by atoms with Crippen LogP contribution in [0.25, 0.3) is 0 Å². The third-order valence-electron chi connectivity index (χ3n) is 2.29. The van der Waals surface area contributed by atoms with Crippen molar-refractivity contribution in [3.63, 3.8) is 0 Å². The number of rotatable bonds is 2. The standard InChI is InChI=1S/C8H16N2O2/c1-6-3-10(4-7(6)9)8(11)5-12-2/h6-7H,3-5,9H2,1-2H3. The molecule has 2 unspecified atom stereocenters. The molecule has 1 amide bonds. The van der Waals surface area contributed by atoms with Crippen molar-refractivity contribution < 1.29 is 9.53 Å². The summed E-state index contributed by atoms with van der Waals surface area (Å²) in [5.74, 6) is 0.447. The molecule has 0 aromatic carbocycles. The number of hydrogen-bond acceptors (Lipinski definition) is 3. The highest BCUT2D eigenvalue weighted by Gasteiger charge is 2.29. The van der Waals surface area contributed by atoms with Crippen LogP contribution in [-0.2, 0) is 9.53 Å². The predicted octanol–water partition coefficient (Wildman–Crippen LogP) is -0.562. The van der Waals surface area contributed by atoms with Crippen molar-refractivity contribution in [2.75, 3.05) is 26.8 Å². The summed E-state index contributed by atoms with van der Waals surface area (Å²) < 4.78 is 4.75. The highest BCUT2D eigenvalue weighted by molar-refractivity contribution is 5.77. The van der Waals surface area contributed by atoms with Crippen LogP contribution in [0.5, 0.6) is 0 Å². The smallest absolute Gasteiger partial charge is 0.248 e. The van der Waals surface area contributed by atoms with Crippen LogP contribution in [0, 0.1) is 5.92 Å². The number of carbonyl (C=O) groups excluding carboxylic acids is 1. The Morgan fingerprint density at radius 1 is 1.67 bits per heavy atom. The molecule has 2 N–H and O–H groups in total. The van der Waals surface area contributed by atoms with E-state index in [1.54, 1.807) is 4.90 Å². The van der Waals surface area contributed by atoms with Gasteiger partial charge in [0, 0.05) is 26.2 Å². The lowest BCUT2D eigenvalue weighted by Gasteiger charge is -2.14. The van der Waals surface area contributed by atoms with Gasteiger partial charge >= 0.3 is 0 Å². The van der Waals surface area contributed by atoms with Crippen LogP contribution in [0.3, 0.4) is 0 Å². The zero-order chi connectivity index (χ0) is 9.14. The third-order valence-corrected chi connectivity index (χ3v) is 2.29. The molecule has 70 valence electrons. The Balaban J connectivity index is 2.40. The molecule has 0 aromatic rings. The number of ether oxygens (including phenoxy) is 1. The highest BCUT2D eigenvalue weighted by Crippen LogP contribution is 2.14. The molecule has 0 radical (unpaired) electrons. The van der Waals surface area contributed by atoms with Crippen molar-refractivity contribution in [3.05, 3.63) is 0 Å². The molecular formula is C8H16N2O2. The topological polar surface area (TPSA) is 55.6 Å². The Hall–Kier alpha value is -0.610. The Labute approximate surface area is 72.7 Å². The molecule has 2 atom stereocenters. The second-order valence-electron chi connectivity index (χ2n) is 3.37. The molecule has 0 aliphatic carbocycles. The highest BCUT2D eigenvalue weighted by atomic mass is 16.5. The lowest BCUT2D eigenvalue weighted by molar-refractivity contribution is -0.134. The fourth-order valence-corrected chi connectivity index (χ4v) is 1.41. The summed E-state index contributed by atoms with van der Waals surface area (Å²) in [6.07, 6.45) is 0. The van der Waals surface area contributed by atoms with E-state index in [0.29, 0.717) is 12.5 Å². The van der Waals surface area contributed by atoms with Gasteiger partial charge < -0.3 is 15.4 Å². The maximum Gasteiger partial charge on any atom is 0.248 e. The molecule has 12 heavy (non-hydrogen) atoms. The molecular weight excluding hydrogens is 156 g/mol. The molecule has 4 heteroatoms. The van der Waals surface area contributed by atoms with Gasteiger partial charge in [-0.15, -0.1) is 0 Å². The van der Waals surface area contributed by atoms with Crippen LogP contribution in [0.4, 0.5) is 0 Å². The van der Waals surface area contributed by atoms with Crippen LogP contribution >= 0.6 is 0 Å². The fourth-order valence-electron chi connectivity index (χ4n) is 1.41. The van der Waals surface area contributed by atoms with E-state index in [0.717, 1.165) is 6.54 Å². The van der Waals surface area contributed by atoms with Crippen LogP contribution in [0.1, 0.15) is 6.92 Å². The lowest BCUT2D eigenvalue weighted by Crippen LogP contribution is -2.34. The lowest BCUT2D eigenvalue weighted by atomic mass is 10.1. The summed E-state index contributed by atoms with van der Waals surface area (Å²) in [5, 5.41) is 0. The van der Waals surface area contributed by atoms with Gasteiger partial charge in [-0.25, -0.2) is 0 Å². The molecule has 0 spiro atoms. The van der Waals surface area contributed by atoms with Crippen molar-refractivity contribution >= 4 is 5.91 Å². The van der Waals surface area contributed by atoms with Gasteiger partial charge in [0.1, 0.15) is 6.61 Å². The first-order chi connectivity index (χ1) is 5.65. The van der Waals surface area contributed by atoms with Gasteiger partial charge in [-0.3, -0.25) is 4.79 Å². The third kappa shape index (κ3) is 1.95. The summed E-state index contributed by atoms with van der Waals surface area (Å²) >= 11 is 0. The molecule has 1 fully saturated rings. The Morgan fingerprint density at radius 2 is 2.33 bits per heavy atom. The largest absolute Gasteiger partial charge is 0.375 e. The van der Waals surface area contributed by atoms with Crippen LogP contribution in [0.2, 0.25) is 0 Å². The summed E-state index contributed by atoms with van der Waals surface area (Å²) in [6.45, 7) is 3.66. The number of likely N-dealkylation sites (tertiary alicyclic amines) is 1.